The molecule has 0 atom stereocenters. The molecule has 0 unspecified atom stereocenters. The molecule has 0 saturated carbocycles. The normalized spacial score (nSPS) is 11.8. The van der Waals surface area contributed by atoms with Gasteiger partial charge in [-0.1, -0.05) is 31.9 Å². The van der Waals surface area contributed by atoms with Gasteiger partial charge in [0.2, 0.25) is 0 Å². The molecule has 0 radical (unpaired) electrons. The van der Waals surface area contributed by atoms with Crippen LogP contribution in [0.1, 0.15) is 0 Å². The van der Waals surface area contributed by atoms with Crippen molar-refractivity contribution >= 4 is 94.9 Å². The van der Waals surface area contributed by atoms with Crippen LogP contribution in [0.4, 0.5) is 0 Å². The average Bonchev–Trinajstić information content (AvgIpc) is 2.63. The molecule has 0 aliphatic carbocycles. The highest BCUT2D eigenvalue weighted by Crippen LogP contribution is 2.32. The van der Waals surface area contributed by atoms with Gasteiger partial charge in [0.1, 0.15) is 0 Å². The molecule has 0 N–H and O–H groups in total. The van der Waals surface area contributed by atoms with Gasteiger partial charge in [0.05, 0.1) is 0 Å². The minimum Gasteiger partial charge on any atom is -0.289 e. The Kier molecular flexibility index (Phi) is 3.79. The number of rotatable bonds is 0. The zero-order valence-corrected chi connectivity index (χ0v) is 17.8. The monoisotopic (exact) mass is 502 g/mol. The highest BCUT2D eigenvalue weighted by molar-refractivity contribution is 9.10. The summed E-state index contributed by atoms with van der Waals surface area (Å²) in [4.78, 5) is 26.0. The zero-order chi connectivity index (χ0) is 18.0. The van der Waals surface area contributed by atoms with Crippen LogP contribution in [0.5, 0.6) is 0 Å². The fourth-order valence-electron chi connectivity index (χ4n) is 3.15. The first-order valence-corrected chi connectivity index (χ1v) is 11.0. The highest BCUT2D eigenvalue weighted by Gasteiger charge is 2.12. The Morgan fingerprint density at radius 3 is 1.35 bits per heavy atom. The molecule has 0 aliphatic rings. The van der Waals surface area contributed by atoms with Crippen LogP contribution in [0.2, 0.25) is 0 Å². The number of fused-ring (bicyclic) bond motifs is 4. The molecule has 0 bridgehead atoms. The number of halogens is 2. The molecule has 0 saturated heterocycles. The molecule has 6 heteroatoms. The van der Waals surface area contributed by atoms with E-state index in [9.17, 15) is 9.59 Å². The molecule has 26 heavy (non-hydrogen) atoms. The summed E-state index contributed by atoms with van der Waals surface area (Å²) >= 11 is 9.95. The van der Waals surface area contributed by atoms with E-state index in [0.717, 1.165) is 27.7 Å². The Balaban J connectivity index is 2.00. The van der Waals surface area contributed by atoms with Crippen molar-refractivity contribution in [3.63, 3.8) is 0 Å². The first-order valence-electron chi connectivity index (χ1n) is 7.73. The van der Waals surface area contributed by atoms with E-state index in [0.29, 0.717) is 21.5 Å². The highest BCUT2D eigenvalue weighted by atomic mass is 79.9. The van der Waals surface area contributed by atoms with Crippen LogP contribution in [-0.2, 0) is 0 Å². The first kappa shape index (κ1) is 16.6. The molecule has 3 aromatic carbocycles. The molecule has 0 amide bonds. The standard InChI is InChI=1S/C20H8Br2O2S2/c21-9-1-3-15-11(5-9)19(23)13-8-18-14(7-17(13)25-15)20(24)12-6-10(22)2-4-16(12)26-18/h1-8H. The van der Waals surface area contributed by atoms with Gasteiger partial charge in [-0.15, -0.1) is 22.7 Å². The van der Waals surface area contributed by atoms with Crippen LogP contribution in [0.15, 0.2) is 67.1 Å². The van der Waals surface area contributed by atoms with E-state index in [1.807, 2.05) is 48.5 Å². The second-order valence-electron chi connectivity index (χ2n) is 5.99. The average molecular weight is 504 g/mol. The maximum Gasteiger partial charge on any atom is 0.195 e. The molecule has 126 valence electrons. The molecule has 5 aromatic rings. The third kappa shape index (κ3) is 2.47. The Morgan fingerprint density at radius 1 is 0.538 bits per heavy atom. The predicted molar refractivity (Wildman–Crippen MR) is 120 cm³/mol. The van der Waals surface area contributed by atoms with E-state index >= 15 is 0 Å². The Labute approximate surface area is 172 Å². The maximum atomic E-state index is 13.0. The smallest absolute Gasteiger partial charge is 0.195 e. The van der Waals surface area contributed by atoms with Crippen molar-refractivity contribution < 1.29 is 0 Å². The largest absolute Gasteiger partial charge is 0.289 e. The minimum absolute atomic E-state index is 0.00695. The van der Waals surface area contributed by atoms with E-state index in [1.165, 1.54) is 0 Å². The molecule has 0 fully saturated rings. The lowest BCUT2D eigenvalue weighted by atomic mass is 10.1. The fraction of sp³-hybridized carbons (Fsp3) is 0. The van der Waals surface area contributed by atoms with Gasteiger partial charge in [0.15, 0.2) is 10.9 Å². The lowest BCUT2D eigenvalue weighted by Gasteiger charge is -2.05. The van der Waals surface area contributed by atoms with E-state index in [4.69, 9.17) is 0 Å². The lowest BCUT2D eigenvalue weighted by molar-refractivity contribution is 1.71. The van der Waals surface area contributed by atoms with Crippen molar-refractivity contribution in [2.45, 2.75) is 0 Å². The van der Waals surface area contributed by atoms with Gasteiger partial charge in [0.25, 0.3) is 0 Å². The van der Waals surface area contributed by atoms with Crippen molar-refractivity contribution in [2.75, 3.05) is 0 Å². The van der Waals surface area contributed by atoms with Gasteiger partial charge in [0, 0.05) is 49.3 Å². The van der Waals surface area contributed by atoms with Crippen LogP contribution in [0.25, 0.3) is 40.3 Å². The first-order chi connectivity index (χ1) is 12.5. The summed E-state index contributed by atoms with van der Waals surface area (Å²) in [7, 11) is 0. The van der Waals surface area contributed by atoms with E-state index in [2.05, 4.69) is 31.9 Å². The predicted octanol–water partition coefficient (Wildman–Crippen LogP) is 6.67. The summed E-state index contributed by atoms with van der Waals surface area (Å²) in [6.07, 6.45) is 0. The molecule has 2 aromatic heterocycles. The molecule has 0 aliphatic heterocycles. The Morgan fingerprint density at radius 2 is 0.923 bits per heavy atom. The second-order valence-corrected chi connectivity index (χ2v) is 9.99. The van der Waals surface area contributed by atoms with E-state index in [-0.39, 0.29) is 10.9 Å². The number of hydrogen-bond acceptors (Lipinski definition) is 4. The van der Waals surface area contributed by atoms with Crippen LogP contribution in [0.3, 0.4) is 0 Å². The van der Waals surface area contributed by atoms with Crippen LogP contribution < -0.4 is 10.9 Å². The zero-order valence-electron chi connectivity index (χ0n) is 13.0. The summed E-state index contributed by atoms with van der Waals surface area (Å²) in [6.45, 7) is 0. The van der Waals surface area contributed by atoms with E-state index < -0.39 is 0 Å². The Hall–Kier alpha value is -1.60. The summed E-state index contributed by atoms with van der Waals surface area (Å²) in [5.74, 6) is 0. The molecular formula is C20H8Br2O2S2. The SMILES string of the molecule is O=c1c2cc(Br)ccc2sc2cc3c(=O)c4cc(Br)ccc4sc3cc12. The molecule has 5 rings (SSSR count). The minimum atomic E-state index is 0.00695. The third-order valence-corrected chi connectivity index (χ3v) is 7.64. The van der Waals surface area contributed by atoms with Gasteiger partial charge < -0.3 is 0 Å². The summed E-state index contributed by atoms with van der Waals surface area (Å²) in [6, 6.07) is 15.2. The van der Waals surface area contributed by atoms with Gasteiger partial charge >= 0.3 is 0 Å². The van der Waals surface area contributed by atoms with Crippen molar-refractivity contribution in [2.24, 2.45) is 0 Å². The lowest BCUT2D eigenvalue weighted by Crippen LogP contribution is -2.04. The van der Waals surface area contributed by atoms with Gasteiger partial charge in [-0.25, -0.2) is 0 Å². The molecular weight excluding hydrogens is 496 g/mol. The van der Waals surface area contributed by atoms with Gasteiger partial charge in [-0.2, -0.15) is 0 Å². The number of hydrogen-bond donors (Lipinski definition) is 0. The topological polar surface area (TPSA) is 34.1 Å². The third-order valence-electron chi connectivity index (χ3n) is 4.38. The summed E-state index contributed by atoms with van der Waals surface area (Å²) < 4.78 is 5.30. The quantitative estimate of drug-likeness (QED) is 0.221. The van der Waals surface area contributed by atoms with Crippen molar-refractivity contribution in [3.8, 4) is 0 Å². The van der Waals surface area contributed by atoms with Crippen LogP contribution >= 0.6 is 54.5 Å². The van der Waals surface area contributed by atoms with E-state index in [1.54, 1.807) is 22.7 Å². The second kappa shape index (κ2) is 5.96. The van der Waals surface area contributed by atoms with Crippen molar-refractivity contribution in [1.82, 2.24) is 0 Å². The van der Waals surface area contributed by atoms with Crippen LogP contribution in [-0.4, -0.2) is 0 Å². The van der Waals surface area contributed by atoms with Crippen molar-refractivity contribution in [1.29, 1.82) is 0 Å². The van der Waals surface area contributed by atoms with Crippen molar-refractivity contribution in [3.05, 3.63) is 77.9 Å². The Bertz CT molecular complexity index is 1380. The number of benzene rings is 3. The molecule has 2 nitrogen and oxygen atoms in total. The summed E-state index contributed by atoms with van der Waals surface area (Å²) in [5, 5.41) is 2.74. The van der Waals surface area contributed by atoms with Gasteiger partial charge in [-0.3, -0.25) is 9.59 Å². The molecule has 2 heterocycles. The molecule has 0 spiro atoms. The fourth-order valence-corrected chi connectivity index (χ4v) is 6.02. The van der Waals surface area contributed by atoms with Crippen LogP contribution in [0, 0.1) is 0 Å². The summed E-state index contributed by atoms with van der Waals surface area (Å²) in [5.41, 5.74) is 0.0139. The maximum absolute atomic E-state index is 13.0. The van der Waals surface area contributed by atoms with Gasteiger partial charge in [-0.05, 0) is 48.5 Å².